The smallest absolute Gasteiger partial charge is 0.338 e. The van der Waals surface area contributed by atoms with Crippen LogP contribution in [0.3, 0.4) is 0 Å². The van der Waals surface area contributed by atoms with E-state index in [2.05, 4.69) is 27.7 Å². The quantitative estimate of drug-likeness (QED) is 0.649. The predicted molar refractivity (Wildman–Crippen MR) is 121 cm³/mol. The van der Waals surface area contributed by atoms with E-state index in [1.807, 2.05) is 42.5 Å². The summed E-state index contributed by atoms with van der Waals surface area (Å²) in [6, 6.07) is 16.9. The van der Waals surface area contributed by atoms with Gasteiger partial charge in [0.2, 0.25) is 0 Å². The van der Waals surface area contributed by atoms with Gasteiger partial charge in [-0.3, -0.25) is 4.90 Å². The molecule has 2 amide bonds. The van der Waals surface area contributed by atoms with Crippen molar-refractivity contribution in [3.63, 3.8) is 0 Å². The zero-order valence-corrected chi connectivity index (χ0v) is 18.5. The molecule has 2 aliphatic rings. The Morgan fingerprint density at radius 1 is 1.09 bits per heavy atom. The van der Waals surface area contributed by atoms with Crippen molar-refractivity contribution < 1.29 is 19.1 Å². The molecule has 4 rings (SSSR count). The van der Waals surface area contributed by atoms with Crippen LogP contribution in [0.15, 0.2) is 65.9 Å². The minimum absolute atomic E-state index is 0.207. The van der Waals surface area contributed by atoms with Gasteiger partial charge in [-0.2, -0.15) is 0 Å². The van der Waals surface area contributed by atoms with Gasteiger partial charge in [-0.25, -0.2) is 9.59 Å². The molecule has 7 heteroatoms. The molecule has 1 saturated heterocycles. The molecule has 2 heterocycles. The Bertz CT molecular complexity index is 988. The maximum Gasteiger partial charge on any atom is 0.338 e. The van der Waals surface area contributed by atoms with E-state index in [9.17, 15) is 9.59 Å². The highest BCUT2D eigenvalue weighted by atomic mass is 16.5. The maximum absolute atomic E-state index is 13.0. The molecule has 2 aromatic carbocycles. The number of carbonyl (C=O) groups is 2. The number of urea groups is 1. The second-order valence-corrected chi connectivity index (χ2v) is 7.96. The van der Waals surface area contributed by atoms with Crippen LogP contribution in [0.25, 0.3) is 0 Å². The second kappa shape index (κ2) is 9.87. The first-order chi connectivity index (χ1) is 15.6. The van der Waals surface area contributed by atoms with Crippen LogP contribution >= 0.6 is 0 Å². The fraction of sp³-hybridized carbons (Fsp3) is 0.360. The lowest BCUT2D eigenvalue weighted by molar-refractivity contribution is -0.139. The monoisotopic (exact) mass is 435 g/mol. The third kappa shape index (κ3) is 4.62. The summed E-state index contributed by atoms with van der Waals surface area (Å²) in [6.07, 6.45) is 2.07. The molecule has 0 spiro atoms. The fourth-order valence-corrected chi connectivity index (χ4v) is 4.51. The molecular weight excluding hydrogens is 406 g/mol. The van der Waals surface area contributed by atoms with E-state index in [-0.39, 0.29) is 18.7 Å². The highest BCUT2D eigenvalue weighted by Crippen LogP contribution is 2.35. The molecule has 7 nitrogen and oxygen atoms in total. The first-order valence-corrected chi connectivity index (χ1v) is 11.0. The molecule has 0 saturated carbocycles. The van der Waals surface area contributed by atoms with Gasteiger partial charge < -0.3 is 20.1 Å². The highest BCUT2D eigenvalue weighted by molar-refractivity contribution is 5.95. The van der Waals surface area contributed by atoms with Gasteiger partial charge >= 0.3 is 12.0 Å². The number of amides is 2. The molecule has 2 aliphatic heterocycles. The Kier molecular flexibility index (Phi) is 6.75. The van der Waals surface area contributed by atoms with Crippen molar-refractivity contribution in [2.45, 2.75) is 31.8 Å². The van der Waals surface area contributed by atoms with Gasteiger partial charge in [0.15, 0.2) is 0 Å². The van der Waals surface area contributed by atoms with Crippen molar-refractivity contribution in [1.82, 2.24) is 15.5 Å². The molecule has 32 heavy (non-hydrogen) atoms. The Morgan fingerprint density at radius 2 is 1.84 bits per heavy atom. The summed E-state index contributed by atoms with van der Waals surface area (Å²) >= 11 is 0. The number of hydrogen-bond acceptors (Lipinski definition) is 5. The minimum atomic E-state index is -0.555. The average molecular weight is 436 g/mol. The molecule has 0 aliphatic carbocycles. The largest absolute Gasteiger partial charge is 0.497 e. The fourth-order valence-electron chi connectivity index (χ4n) is 4.51. The Morgan fingerprint density at radius 3 is 2.53 bits per heavy atom. The topological polar surface area (TPSA) is 79.9 Å². The zero-order chi connectivity index (χ0) is 22.5. The van der Waals surface area contributed by atoms with Crippen LogP contribution in [0, 0.1) is 0 Å². The number of likely N-dealkylation sites (tertiary alicyclic amines) is 1. The number of nitrogens with one attached hydrogen (secondary N) is 2. The normalized spacial score (nSPS) is 21.1. The van der Waals surface area contributed by atoms with Crippen LogP contribution in [0.5, 0.6) is 5.75 Å². The van der Waals surface area contributed by atoms with Crippen molar-refractivity contribution in [2.24, 2.45) is 0 Å². The molecule has 1 fully saturated rings. The number of hydrogen-bond donors (Lipinski definition) is 2. The Labute approximate surface area is 188 Å². The minimum Gasteiger partial charge on any atom is -0.497 e. The number of methoxy groups -OCH3 is 1. The SMILES string of the molecule is CCOC(=O)C1=C(CN2CCCC2c2ccc(OC)cc2)NC(=O)NC1c1ccccc1. The van der Waals surface area contributed by atoms with Crippen molar-refractivity contribution in [3.8, 4) is 5.75 Å². The van der Waals surface area contributed by atoms with E-state index >= 15 is 0 Å². The number of carbonyl (C=O) groups excluding carboxylic acids is 2. The number of ether oxygens (including phenoxy) is 2. The van der Waals surface area contributed by atoms with E-state index in [1.165, 1.54) is 5.56 Å². The summed E-state index contributed by atoms with van der Waals surface area (Å²) in [6.45, 7) is 3.39. The highest BCUT2D eigenvalue weighted by Gasteiger charge is 2.36. The van der Waals surface area contributed by atoms with Gasteiger partial charge in [0.1, 0.15) is 5.75 Å². The number of esters is 1. The summed E-state index contributed by atoms with van der Waals surface area (Å²) in [4.78, 5) is 27.8. The van der Waals surface area contributed by atoms with Gasteiger partial charge in [-0.15, -0.1) is 0 Å². The summed E-state index contributed by atoms with van der Waals surface area (Å²) in [5.74, 6) is 0.408. The summed E-state index contributed by atoms with van der Waals surface area (Å²) in [5.41, 5.74) is 3.09. The van der Waals surface area contributed by atoms with Crippen LogP contribution in [-0.4, -0.2) is 43.7 Å². The first kappa shape index (κ1) is 21.9. The third-order valence-electron chi connectivity index (χ3n) is 6.01. The zero-order valence-electron chi connectivity index (χ0n) is 18.5. The lowest BCUT2D eigenvalue weighted by Gasteiger charge is -2.33. The molecule has 168 valence electrons. The van der Waals surface area contributed by atoms with E-state index in [0.29, 0.717) is 17.8 Å². The number of nitrogens with zero attached hydrogens (tertiary/aromatic N) is 1. The van der Waals surface area contributed by atoms with Crippen LogP contribution in [0.4, 0.5) is 4.79 Å². The first-order valence-electron chi connectivity index (χ1n) is 11.0. The van der Waals surface area contributed by atoms with Gasteiger partial charge in [0.05, 0.1) is 25.3 Å². The van der Waals surface area contributed by atoms with E-state index in [1.54, 1.807) is 14.0 Å². The van der Waals surface area contributed by atoms with Crippen molar-refractivity contribution in [2.75, 3.05) is 26.8 Å². The summed E-state index contributed by atoms with van der Waals surface area (Å²) in [5, 5.41) is 5.78. The summed E-state index contributed by atoms with van der Waals surface area (Å²) < 4.78 is 10.7. The molecule has 0 aromatic heterocycles. The third-order valence-corrected chi connectivity index (χ3v) is 6.01. The Hall–Kier alpha value is -3.32. The molecule has 2 unspecified atom stereocenters. The lowest BCUT2D eigenvalue weighted by Crippen LogP contribution is -2.48. The van der Waals surface area contributed by atoms with Gasteiger partial charge in [-0.1, -0.05) is 42.5 Å². The van der Waals surface area contributed by atoms with Crippen LogP contribution in [0.2, 0.25) is 0 Å². The molecular formula is C25H29N3O4. The van der Waals surface area contributed by atoms with E-state index in [0.717, 1.165) is 30.7 Å². The van der Waals surface area contributed by atoms with Crippen LogP contribution < -0.4 is 15.4 Å². The van der Waals surface area contributed by atoms with E-state index in [4.69, 9.17) is 9.47 Å². The number of rotatable bonds is 7. The maximum atomic E-state index is 13.0. The van der Waals surface area contributed by atoms with Crippen LogP contribution in [-0.2, 0) is 9.53 Å². The second-order valence-electron chi connectivity index (χ2n) is 7.96. The van der Waals surface area contributed by atoms with Gasteiger partial charge in [-0.05, 0) is 49.6 Å². The van der Waals surface area contributed by atoms with Crippen molar-refractivity contribution >= 4 is 12.0 Å². The Balaban J connectivity index is 1.67. The molecule has 0 bridgehead atoms. The van der Waals surface area contributed by atoms with E-state index < -0.39 is 12.0 Å². The van der Waals surface area contributed by atoms with Gasteiger partial charge in [0, 0.05) is 18.3 Å². The number of benzene rings is 2. The van der Waals surface area contributed by atoms with Crippen LogP contribution in [0.1, 0.15) is 43.0 Å². The standard InChI is InChI=1S/C25H29N3O4/c1-3-32-24(29)22-20(26-25(30)27-23(22)18-8-5-4-6-9-18)16-28-15-7-10-21(28)17-11-13-19(31-2)14-12-17/h4-6,8-9,11-14,21,23H,3,7,10,15-16H2,1-2H3,(H2,26,27,30). The summed E-state index contributed by atoms with van der Waals surface area (Å²) in [7, 11) is 1.66. The van der Waals surface area contributed by atoms with Crippen molar-refractivity contribution in [3.05, 3.63) is 77.0 Å². The molecule has 2 N–H and O–H groups in total. The molecule has 0 radical (unpaired) electrons. The molecule has 2 aromatic rings. The van der Waals surface area contributed by atoms with Crippen molar-refractivity contribution in [1.29, 1.82) is 0 Å². The molecule has 2 atom stereocenters. The lowest BCUT2D eigenvalue weighted by atomic mass is 9.94. The average Bonchev–Trinajstić information content (AvgIpc) is 3.27. The predicted octanol–water partition coefficient (Wildman–Crippen LogP) is 3.70. The van der Waals surface area contributed by atoms with Gasteiger partial charge in [0.25, 0.3) is 0 Å².